The van der Waals surface area contributed by atoms with Crippen LogP contribution in [0.5, 0.6) is 0 Å². The van der Waals surface area contributed by atoms with E-state index in [1.807, 2.05) is 27.7 Å². The van der Waals surface area contributed by atoms with Crippen molar-refractivity contribution < 1.29 is 9.53 Å². The summed E-state index contributed by atoms with van der Waals surface area (Å²) in [6.07, 6.45) is 3.95. The van der Waals surface area contributed by atoms with Gasteiger partial charge in [0.05, 0.1) is 8.07 Å². The highest BCUT2D eigenvalue weighted by atomic mass is 28.3. The molecule has 2 rings (SSSR count). The molecule has 0 bridgehead atoms. The monoisotopic (exact) mass is 383 g/mol. The predicted molar refractivity (Wildman–Crippen MR) is 119 cm³/mol. The standard InChI is InChI=1S/C23H33NO2Si/c1-17(2)24(18(3)4)23(25)26-22(27(5,6)7)16-15-20-13-10-12-19-11-8-9-14-21(19)20/h8-18,22H,1-7H3/b16-15+/t22-/m0/s1. The fourth-order valence-electron chi connectivity index (χ4n) is 3.28. The zero-order valence-electron chi connectivity index (χ0n) is 17.7. The van der Waals surface area contributed by atoms with Crippen LogP contribution in [0, 0.1) is 0 Å². The normalized spacial score (nSPS) is 13.5. The van der Waals surface area contributed by atoms with Gasteiger partial charge in [0.2, 0.25) is 0 Å². The SMILES string of the molecule is CC(C)N(C(=O)O[C@H](/C=C/c1cccc2ccccc12)[Si](C)(C)C)C(C)C. The Morgan fingerprint density at radius 1 is 0.963 bits per heavy atom. The van der Waals surface area contributed by atoms with Gasteiger partial charge in [-0.3, -0.25) is 0 Å². The summed E-state index contributed by atoms with van der Waals surface area (Å²) in [7, 11) is -1.74. The predicted octanol–water partition coefficient (Wildman–Crippen LogP) is 6.35. The molecule has 27 heavy (non-hydrogen) atoms. The third kappa shape index (κ3) is 5.45. The molecule has 0 aliphatic rings. The van der Waals surface area contributed by atoms with Crippen LogP contribution in [0.15, 0.2) is 48.5 Å². The summed E-state index contributed by atoms with van der Waals surface area (Å²) in [6, 6.07) is 14.9. The van der Waals surface area contributed by atoms with Crippen LogP contribution in [-0.2, 0) is 4.74 Å². The highest BCUT2D eigenvalue weighted by Gasteiger charge is 2.31. The number of ether oxygens (including phenoxy) is 1. The highest BCUT2D eigenvalue weighted by Crippen LogP contribution is 2.22. The van der Waals surface area contributed by atoms with Crippen LogP contribution in [0.25, 0.3) is 16.8 Å². The second-order valence-electron chi connectivity index (χ2n) is 8.69. The van der Waals surface area contributed by atoms with Crippen molar-refractivity contribution in [1.29, 1.82) is 0 Å². The molecule has 4 heteroatoms. The molecule has 0 fully saturated rings. The van der Waals surface area contributed by atoms with Gasteiger partial charge >= 0.3 is 6.09 Å². The average molecular weight is 384 g/mol. The van der Waals surface area contributed by atoms with E-state index in [0.717, 1.165) is 5.56 Å². The topological polar surface area (TPSA) is 29.5 Å². The molecular formula is C23H33NO2Si. The first-order valence-corrected chi connectivity index (χ1v) is 13.3. The van der Waals surface area contributed by atoms with Gasteiger partial charge in [-0.25, -0.2) is 4.79 Å². The van der Waals surface area contributed by atoms with Crippen molar-refractivity contribution >= 4 is 31.0 Å². The van der Waals surface area contributed by atoms with E-state index in [1.165, 1.54) is 10.8 Å². The third-order valence-electron chi connectivity index (χ3n) is 4.68. The highest BCUT2D eigenvalue weighted by molar-refractivity contribution is 6.78. The first kappa shape index (κ1) is 21.2. The fourth-order valence-corrected chi connectivity index (χ4v) is 4.41. The molecule has 1 amide bonds. The Labute approximate surface area is 165 Å². The van der Waals surface area contributed by atoms with Gasteiger partial charge in [0.15, 0.2) is 0 Å². The van der Waals surface area contributed by atoms with E-state index in [0.29, 0.717) is 0 Å². The van der Waals surface area contributed by atoms with Gasteiger partial charge in [-0.1, -0.05) is 68.2 Å². The smallest absolute Gasteiger partial charge is 0.410 e. The number of benzene rings is 2. The molecular weight excluding hydrogens is 350 g/mol. The Morgan fingerprint density at radius 3 is 2.15 bits per heavy atom. The lowest BCUT2D eigenvalue weighted by Crippen LogP contribution is -2.47. The number of hydrogen-bond donors (Lipinski definition) is 0. The molecule has 2 aromatic carbocycles. The summed E-state index contributed by atoms with van der Waals surface area (Å²) < 4.78 is 6.00. The van der Waals surface area contributed by atoms with Crippen LogP contribution in [-0.4, -0.2) is 36.9 Å². The van der Waals surface area contributed by atoms with Gasteiger partial charge in [-0.2, -0.15) is 0 Å². The van der Waals surface area contributed by atoms with E-state index in [9.17, 15) is 4.79 Å². The van der Waals surface area contributed by atoms with Crippen LogP contribution < -0.4 is 0 Å². The van der Waals surface area contributed by atoms with Crippen molar-refractivity contribution in [3.8, 4) is 0 Å². The van der Waals surface area contributed by atoms with Crippen molar-refractivity contribution in [2.45, 2.75) is 65.1 Å². The molecule has 146 valence electrons. The molecule has 0 saturated carbocycles. The third-order valence-corrected chi connectivity index (χ3v) is 6.70. The van der Waals surface area contributed by atoms with E-state index in [4.69, 9.17) is 4.74 Å². The summed E-state index contributed by atoms with van der Waals surface area (Å²) in [5.41, 5.74) is 0.973. The molecule has 0 unspecified atom stereocenters. The molecule has 0 N–H and O–H groups in total. The summed E-state index contributed by atoms with van der Waals surface area (Å²) in [4.78, 5) is 14.6. The Kier molecular flexibility index (Phi) is 6.87. The number of rotatable bonds is 6. The molecule has 3 nitrogen and oxygen atoms in total. The van der Waals surface area contributed by atoms with Crippen LogP contribution >= 0.6 is 0 Å². The Hall–Kier alpha value is -2.07. The van der Waals surface area contributed by atoms with E-state index in [-0.39, 0.29) is 23.9 Å². The van der Waals surface area contributed by atoms with E-state index < -0.39 is 8.07 Å². The number of fused-ring (bicyclic) bond motifs is 1. The Bertz CT molecular complexity index is 792. The number of nitrogens with zero attached hydrogens (tertiary/aromatic N) is 1. The van der Waals surface area contributed by atoms with Gasteiger partial charge < -0.3 is 9.64 Å². The van der Waals surface area contributed by atoms with Gasteiger partial charge in [0.25, 0.3) is 0 Å². The van der Waals surface area contributed by atoms with Crippen molar-refractivity contribution in [1.82, 2.24) is 4.90 Å². The van der Waals surface area contributed by atoms with Crippen LogP contribution in [0.2, 0.25) is 19.6 Å². The molecule has 0 aromatic heterocycles. The Balaban J connectivity index is 2.29. The van der Waals surface area contributed by atoms with Gasteiger partial charge in [0, 0.05) is 12.1 Å². The van der Waals surface area contributed by atoms with Gasteiger partial charge in [-0.05, 0) is 50.1 Å². The fraction of sp³-hybridized carbons (Fsp3) is 0.435. The molecule has 0 spiro atoms. The largest absolute Gasteiger partial charge is 0.446 e. The van der Waals surface area contributed by atoms with Crippen molar-refractivity contribution in [2.24, 2.45) is 0 Å². The van der Waals surface area contributed by atoms with Crippen molar-refractivity contribution in [2.75, 3.05) is 0 Å². The summed E-state index contributed by atoms with van der Waals surface area (Å²) in [6.45, 7) is 14.8. The lowest BCUT2D eigenvalue weighted by atomic mass is 10.0. The second-order valence-corrected chi connectivity index (χ2v) is 14.0. The second kappa shape index (κ2) is 8.74. The lowest BCUT2D eigenvalue weighted by molar-refractivity contribution is 0.0768. The molecule has 0 radical (unpaired) electrons. The minimum absolute atomic E-state index is 0.113. The number of carbonyl (C=O) groups excluding carboxylic acids is 1. The average Bonchev–Trinajstić information content (AvgIpc) is 2.56. The maximum absolute atomic E-state index is 12.8. The maximum Gasteiger partial charge on any atom is 0.410 e. The van der Waals surface area contributed by atoms with Crippen LogP contribution in [0.4, 0.5) is 4.79 Å². The number of amides is 1. The van der Waals surface area contributed by atoms with Crippen LogP contribution in [0.3, 0.4) is 0 Å². The maximum atomic E-state index is 12.8. The number of hydrogen-bond acceptors (Lipinski definition) is 2. The molecule has 0 aliphatic heterocycles. The van der Waals surface area contributed by atoms with E-state index >= 15 is 0 Å². The zero-order chi connectivity index (χ0) is 20.2. The van der Waals surface area contributed by atoms with Crippen LogP contribution in [0.1, 0.15) is 33.3 Å². The molecule has 0 aliphatic carbocycles. The van der Waals surface area contributed by atoms with Gasteiger partial charge in [-0.15, -0.1) is 0 Å². The number of carbonyl (C=O) groups is 1. The minimum Gasteiger partial charge on any atom is -0.446 e. The first-order chi connectivity index (χ1) is 12.6. The zero-order valence-corrected chi connectivity index (χ0v) is 18.7. The van der Waals surface area contributed by atoms with E-state index in [1.54, 1.807) is 4.90 Å². The van der Waals surface area contributed by atoms with E-state index in [2.05, 4.69) is 74.3 Å². The summed E-state index contributed by atoms with van der Waals surface area (Å²) in [5, 5.41) is 2.43. The first-order valence-electron chi connectivity index (χ1n) is 9.76. The van der Waals surface area contributed by atoms with Gasteiger partial charge in [0.1, 0.15) is 5.73 Å². The minimum atomic E-state index is -1.74. The van der Waals surface area contributed by atoms with Crippen molar-refractivity contribution in [3.63, 3.8) is 0 Å². The molecule has 0 heterocycles. The molecule has 0 saturated heterocycles. The Morgan fingerprint density at radius 2 is 1.56 bits per heavy atom. The summed E-state index contributed by atoms with van der Waals surface area (Å²) >= 11 is 0. The molecule has 1 atom stereocenters. The lowest BCUT2D eigenvalue weighted by Gasteiger charge is -2.34. The molecule has 2 aromatic rings. The van der Waals surface area contributed by atoms with Crippen molar-refractivity contribution in [3.05, 3.63) is 54.1 Å². The summed E-state index contributed by atoms with van der Waals surface area (Å²) in [5.74, 6) is 0. The quantitative estimate of drug-likeness (QED) is 0.544.